The third-order valence-corrected chi connectivity index (χ3v) is 4.39. The third kappa shape index (κ3) is 3.74. The minimum atomic E-state index is -0.400. The van der Waals surface area contributed by atoms with Crippen LogP contribution in [0, 0.1) is 17.3 Å². The number of carbonyl (C=O) groups is 2. The number of hydrogen-bond donors (Lipinski definition) is 2. The fourth-order valence-corrected chi connectivity index (χ4v) is 3.04. The summed E-state index contributed by atoms with van der Waals surface area (Å²) in [4.78, 5) is 24.5. The highest BCUT2D eigenvalue weighted by molar-refractivity contribution is 6.00. The molecule has 0 aliphatic heterocycles. The Kier molecular flexibility index (Phi) is 5.01. The van der Waals surface area contributed by atoms with E-state index in [2.05, 4.69) is 5.32 Å². The topological polar surface area (TPSA) is 72.2 Å². The number of hydrogen-bond acceptors (Lipinski definition) is 3. The second kappa shape index (κ2) is 6.61. The molecule has 1 fully saturated rings. The predicted octanol–water partition coefficient (Wildman–Crippen LogP) is 3.23. The lowest BCUT2D eigenvalue weighted by molar-refractivity contribution is -0.120. The summed E-state index contributed by atoms with van der Waals surface area (Å²) >= 11 is 0. The zero-order chi connectivity index (χ0) is 16.3. The smallest absolute Gasteiger partial charge is 0.227 e. The fourth-order valence-electron chi connectivity index (χ4n) is 3.04. The van der Waals surface area contributed by atoms with E-state index in [0.29, 0.717) is 18.0 Å². The number of benzene rings is 1. The fraction of sp³-hybridized carbons (Fsp3) is 0.556. The van der Waals surface area contributed by atoms with Crippen LogP contribution in [0.4, 0.5) is 5.69 Å². The van der Waals surface area contributed by atoms with Crippen molar-refractivity contribution in [1.82, 2.24) is 0 Å². The van der Waals surface area contributed by atoms with E-state index in [1.165, 1.54) is 0 Å². The molecule has 1 amide bonds. The molecule has 0 heterocycles. The van der Waals surface area contributed by atoms with Gasteiger partial charge in [-0.1, -0.05) is 27.2 Å². The van der Waals surface area contributed by atoms with Crippen LogP contribution in [0.1, 0.15) is 50.4 Å². The SMILES string of the molecule is CC(C)(C)C(=O)c1ccc(NC(=O)[C@@H]2CCC[C@@H]2CN)cc1. The molecule has 1 aromatic carbocycles. The summed E-state index contributed by atoms with van der Waals surface area (Å²) in [5, 5.41) is 2.95. The molecule has 0 bridgehead atoms. The largest absolute Gasteiger partial charge is 0.330 e. The summed E-state index contributed by atoms with van der Waals surface area (Å²) in [6.07, 6.45) is 3.01. The third-order valence-electron chi connectivity index (χ3n) is 4.39. The van der Waals surface area contributed by atoms with Gasteiger partial charge in [0.15, 0.2) is 5.78 Å². The van der Waals surface area contributed by atoms with Crippen molar-refractivity contribution in [3.63, 3.8) is 0 Å². The molecular weight excluding hydrogens is 276 g/mol. The molecular formula is C18H26N2O2. The Morgan fingerprint density at radius 2 is 1.82 bits per heavy atom. The average molecular weight is 302 g/mol. The van der Waals surface area contributed by atoms with Crippen LogP contribution in [0.3, 0.4) is 0 Å². The first-order valence-corrected chi connectivity index (χ1v) is 7.98. The van der Waals surface area contributed by atoms with E-state index < -0.39 is 5.41 Å². The van der Waals surface area contributed by atoms with Gasteiger partial charge in [-0.15, -0.1) is 0 Å². The summed E-state index contributed by atoms with van der Waals surface area (Å²) in [5.74, 6) is 0.454. The van der Waals surface area contributed by atoms with E-state index in [9.17, 15) is 9.59 Å². The second-order valence-electron chi connectivity index (χ2n) is 7.18. The zero-order valence-corrected chi connectivity index (χ0v) is 13.7. The highest BCUT2D eigenvalue weighted by atomic mass is 16.2. The maximum atomic E-state index is 12.3. The van der Waals surface area contributed by atoms with Crippen LogP contribution in [-0.2, 0) is 4.79 Å². The van der Waals surface area contributed by atoms with E-state index >= 15 is 0 Å². The minimum absolute atomic E-state index is 0.0147. The van der Waals surface area contributed by atoms with Gasteiger partial charge in [-0.05, 0) is 49.6 Å². The summed E-state index contributed by atoms with van der Waals surface area (Å²) in [6, 6.07) is 7.14. The molecule has 2 rings (SSSR count). The van der Waals surface area contributed by atoms with E-state index in [1.807, 2.05) is 20.8 Å². The van der Waals surface area contributed by atoms with E-state index in [0.717, 1.165) is 24.9 Å². The highest BCUT2D eigenvalue weighted by Gasteiger charge is 2.32. The average Bonchev–Trinajstić information content (AvgIpc) is 2.95. The summed E-state index contributed by atoms with van der Waals surface area (Å²) in [7, 11) is 0. The molecule has 0 unspecified atom stereocenters. The second-order valence-corrected chi connectivity index (χ2v) is 7.18. The molecule has 22 heavy (non-hydrogen) atoms. The number of Topliss-reactive ketones (excluding diaryl/α,β-unsaturated/α-hetero) is 1. The van der Waals surface area contributed by atoms with Crippen LogP contribution in [0.15, 0.2) is 24.3 Å². The molecule has 1 aromatic rings. The van der Waals surface area contributed by atoms with Crippen molar-refractivity contribution in [2.45, 2.75) is 40.0 Å². The maximum absolute atomic E-state index is 12.3. The molecule has 3 N–H and O–H groups in total. The number of nitrogens with two attached hydrogens (primary N) is 1. The van der Waals surface area contributed by atoms with Crippen molar-refractivity contribution >= 4 is 17.4 Å². The lowest BCUT2D eigenvalue weighted by atomic mass is 9.86. The van der Waals surface area contributed by atoms with Crippen molar-refractivity contribution in [2.24, 2.45) is 23.0 Å². The van der Waals surface area contributed by atoms with E-state index in [-0.39, 0.29) is 17.6 Å². The Morgan fingerprint density at radius 1 is 1.18 bits per heavy atom. The molecule has 4 heteroatoms. The number of nitrogens with one attached hydrogen (secondary N) is 1. The molecule has 1 aliphatic carbocycles. The molecule has 2 atom stereocenters. The molecule has 1 saturated carbocycles. The first kappa shape index (κ1) is 16.7. The van der Waals surface area contributed by atoms with Crippen molar-refractivity contribution in [3.8, 4) is 0 Å². The van der Waals surface area contributed by atoms with Gasteiger partial charge in [-0.2, -0.15) is 0 Å². The van der Waals surface area contributed by atoms with Crippen LogP contribution in [0.25, 0.3) is 0 Å². The minimum Gasteiger partial charge on any atom is -0.330 e. The number of ketones is 1. The molecule has 0 saturated heterocycles. The predicted molar refractivity (Wildman–Crippen MR) is 88.7 cm³/mol. The van der Waals surface area contributed by atoms with E-state index in [4.69, 9.17) is 5.73 Å². The first-order valence-electron chi connectivity index (χ1n) is 7.98. The lowest BCUT2D eigenvalue weighted by Gasteiger charge is -2.18. The van der Waals surface area contributed by atoms with Crippen LogP contribution >= 0.6 is 0 Å². The molecule has 0 spiro atoms. The number of anilines is 1. The molecule has 4 nitrogen and oxygen atoms in total. The van der Waals surface area contributed by atoms with Crippen LogP contribution in [-0.4, -0.2) is 18.2 Å². The van der Waals surface area contributed by atoms with Gasteiger partial charge in [0, 0.05) is 22.6 Å². The summed E-state index contributed by atoms with van der Waals surface area (Å²) in [6.45, 7) is 6.27. The standard InChI is InChI=1S/C18H26N2O2/c1-18(2,3)16(21)12-7-9-14(10-8-12)20-17(22)15-6-4-5-13(15)11-19/h7-10,13,15H,4-6,11,19H2,1-3H3,(H,20,22)/t13-,15-/m1/s1. The number of amides is 1. The van der Waals surface area contributed by atoms with Gasteiger partial charge in [-0.25, -0.2) is 0 Å². The van der Waals surface area contributed by atoms with Gasteiger partial charge in [-0.3, -0.25) is 9.59 Å². The van der Waals surface area contributed by atoms with Gasteiger partial charge in [0.2, 0.25) is 5.91 Å². The van der Waals surface area contributed by atoms with Gasteiger partial charge < -0.3 is 11.1 Å². The first-order chi connectivity index (χ1) is 10.3. The molecule has 0 aromatic heterocycles. The summed E-state index contributed by atoms with van der Waals surface area (Å²) < 4.78 is 0. The van der Waals surface area contributed by atoms with Gasteiger partial charge in [0.25, 0.3) is 0 Å². The Bertz CT molecular complexity index is 543. The Labute approximate surface area is 132 Å². The van der Waals surface area contributed by atoms with Crippen molar-refractivity contribution in [2.75, 3.05) is 11.9 Å². The Balaban J connectivity index is 2.02. The normalized spacial score (nSPS) is 21.6. The van der Waals surface area contributed by atoms with Gasteiger partial charge in [0.1, 0.15) is 0 Å². The van der Waals surface area contributed by atoms with Crippen molar-refractivity contribution in [1.29, 1.82) is 0 Å². The lowest BCUT2D eigenvalue weighted by Crippen LogP contribution is -2.29. The number of carbonyl (C=O) groups excluding carboxylic acids is 2. The van der Waals surface area contributed by atoms with Crippen LogP contribution in [0.2, 0.25) is 0 Å². The maximum Gasteiger partial charge on any atom is 0.227 e. The monoisotopic (exact) mass is 302 g/mol. The Morgan fingerprint density at radius 3 is 2.36 bits per heavy atom. The van der Waals surface area contributed by atoms with Crippen molar-refractivity contribution < 1.29 is 9.59 Å². The molecule has 120 valence electrons. The Hall–Kier alpha value is -1.68. The number of rotatable bonds is 4. The summed E-state index contributed by atoms with van der Waals surface area (Å²) in [5.41, 5.74) is 6.74. The van der Waals surface area contributed by atoms with E-state index in [1.54, 1.807) is 24.3 Å². The van der Waals surface area contributed by atoms with Crippen molar-refractivity contribution in [3.05, 3.63) is 29.8 Å². The highest BCUT2D eigenvalue weighted by Crippen LogP contribution is 2.32. The van der Waals surface area contributed by atoms with Crippen LogP contribution < -0.4 is 11.1 Å². The van der Waals surface area contributed by atoms with Crippen LogP contribution in [0.5, 0.6) is 0 Å². The molecule has 1 aliphatic rings. The van der Waals surface area contributed by atoms with Gasteiger partial charge >= 0.3 is 0 Å². The quantitative estimate of drug-likeness (QED) is 0.839. The van der Waals surface area contributed by atoms with Gasteiger partial charge in [0.05, 0.1) is 0 Å². The zero-order valence-electron chi connectivity index (χ0n) is 13.7. The molecule has 0 radical (unpaired) electrons.